The van der Waals surface area contributed by atoms with Crippen LogP contribution < -0.4 is 27.4 Å². The summed E-state index contributed by atoms with van der Waals surface area (Å²) >= 11 is 0. The van der Waals surface area contributed by atoms with Crippen LogP contribution >= 0.6 is 0 Å². The summed E-state index contributed by atoms with van der Waals surface area (Å²) in [7, 11) is 0. The lowest BCUT2D eigenvalue weighted by atomic mass is 9.81. The SMILES string of the molecule is C=C(C)C(CNC(=O)C(O)C(O)C(O)C(O)C(=O)NC(C)C)(N=C(N)CCCCCCC(N)=NCCNC(C)(C)C)C(C)C. The third kappa shape index (κ3) is 15.4. The molecule has 0 fully saturated rings. The molecule has 5 unspecified atom stereocenters. The van der Waals surface area contributed by atoms with Gasteiger partial charge in [0.25, 0.3) is 11.8 Å². The van der Waals surface area contributed by atoms with Gasteiger partial charge in [0.1, 0.15) is 17.7 Å². The van der Waals surface area contributed by atoms with E-state index in [1.165, 1.54) is 0 Å². The van der Waals surface area contributed by atoms with Gasteiger partial charge in [0.15, 0.2) is 12.2 Å². The molecule has 13 nitrogen and oxygen atoms in total. The van der Waals surface area contributed by atoms with Crippen molar-refractivity contribution in [1.29, 1.82) is 0 Å². The highest BCUT2D eigenvalue weighted by atomic mass is 16.4. The van der Waals surface area contributed by atoms with E-state index < -0.39 is 41.8 Å². The minimum atomic E-state index is -2.12. The van der Waals surface area contributed by atoms with Crippen LogP contribution in [0.4, 0.5) is 0 Å². The topological polar surface area (TPSA) is 228 Å². The van der Waals surface area contributed by atoms with E-state index in [1.54, 1.807) is 20.8 Å². The van der Waals surface area contributed by atoms with Crippen molar-refractivity contribution in [2.75, 3.05) is 19.6 Å². The maximum Gasteiger partial charge on any atom is 0.251 e. The van der Waals surface area contributed by atoms with Gasteiger partial charge in [0, 0.05) is 37.5 Å². The average Bonchev–Trinajstić information content (AvgIpc) is 2.91. The van der Waals surface area contributed by atoms with Gasteiger partial charge < -0.3 is 47.8 Å². The number of unbranched alkanes of at least 4 members (excludes halogenated alkanes) is 3. The van der Waals surface area contributed by atoms with Gasteiger partial charge in [0.2, 0.25) is 0 Å². The monoisotopic (exact) mass is 627 g/mol. The van der Waals surface area contributed by atoms with Crippen LogP contribution in [0, 0.1) is 5.92 Å². The van der Waals surface area contributed by atoms with Crippen LogP contribution in [0.1, 0.15) is 93.9 Å². The average molecular weight is 628 g/mol. The van der Waals surface area contributed by atoms with Crippen molar-refractivity contribution in [2.24, 2.45) is 27.4 Å². The standard InChI is InChI=1S/C31H61N7O6/c1-19(2)31(20(3)4,18-35-28(43)26(41)24(39)25(40)27(42)29(44)37-21(5)6)38-23(33)15-13-11-10-12-14-22(32)34-16-17-36-30(7,8)9/h20-21,24-27,36,39-42H,1,10-18H2,2-9H3,(H2,32,34)(H2,33,38)(H,35,43)(H,37,44). The predicted molar refractivity (Wildman–Crippen MR) is 176 cm³/mol. The van der Waals surface area contributed by atoms with Crippen LogP contribution in [0.5, 0.6) is 0 Å². The number of aliphatic hydroxyl groups excluding tert-OH is 4. The molecular weight excluding hydrogens is 566 g/mol. The molecule has 0 spiro atoms. The minimum absolute atomic E-state index is 0.0542. The van der Waals surface area contributed by atoms with Gasteiger partial charge in [-0.3, -0.25) is 19.6 Å². The first kappa shape index (κ1) is 41.4. The predicted octanol–water partition coefficient (Wildman–Crippen LogP) is 0.485. The number of carbonyl (C=O) groups is 2. The largest absolute Gasteiger partial charge is 0.387 e. The smallest absolute Gasteiger partial charge is 0.251 e. The number of amides is 2. The molecule has 0 aliphatic carbocycles. The van der Waals surface area contributed by atoms with E-state index in [0.29, 0.717) is 30.2 Å². The van der Waals surface area contributed by atoms with Crippen molar-refractivity contribution < 1.29 is 30.0 Å². The lowest BCUT2D eigenvalue weighted by Crippen LogP contribution is -2.56. The Morgan fingerprint density at radius 1 is 0.841 bits per heavy atom. The first-order chi connectivity index (χ1) is 20.2. The molecule has 0 saturated heterocycles. The number of nitrogens with zero attached hydrogens (tertiary/aromatic N) is 2. The molecule has 0 aliphatic heterocycles. The van der Waals surface area contributed by atoms with E-state index in [2.05, 4.69) is 48.3 Å². The van der Waals surface area contributed by atoms with E-state index in [0.717, 1.165) is 38.6 Å². The Kier molecular flexibility index (Phi) is 18.6. The second-order valence-corrected chi connectivity index (χ2v) is 13.2. The van der Waals surface area contributed by atoms with Gasteiger partial charge in [0.05, 0.1) is 18.2 Å². The van der Waals surface area contributed by atoms with Crippen LogP contribution in [0.25, 0.3) is 0 Å². The third-order valence-electron chi connectivity index (χ3n) is 7.23. The summed E-state index contributed by atoms with van der Waals surface area (Å²) in [5.74, 6) is -1.04. The number of hydrogen-bond acceptors (Lipinski definition) is 9. The highest BCUT2D eigenvalue weighted by Gasteiger charge is 2.40. The lowest BCUT2D eigenvalue weighted by molar-refractivity contribution is -0.155. The van der Waals surface area contributed by atoms with E-state index in [-0.39, 0.29) is 24.0 Å². The molecule has 0 bridgehead atoms. The summed E-state index contributed by atoms with van der Waals surface area (Å²) in [5, 5.41) is 49.2. The summed E-state index contributed by atoms with van der Waals surface area (Å²) in [6.45, 7) is 20.6. The molecule has 0 aromatic carbocycles. The Morgan fingerprint density at radius 2 is 1.34 bits per heavy atom. The lowest BCUT2D eigenvalue weighted by Gasteiger charge is -2.36. The fraction of sp³-hybridized carbons (Fsp3) is 0.806. The first-order valence-corrected chi connectivity index (χ1v) is 15.6. The Labute approximate surface area is 264 Å². The number of rotatable bonds is 21. The summed E-state index contributed by atoms with van der Waals surface area (Å²) in [6.07, 6.45) is -3.47. The Bertz CT molecular complexity index is 964. The molecule has 0 radical (unpaired) electrons. The zero-order chi connectivity index (χ0) is 34.3. The van der Waals surface area contributed by atoms with E-state index in [9.17, 15) is 30.0 Å². The minimum Gasteiger partial charge on any atom is -0.387 e. The number of aliphatic imine (C=N–C) groups is 2. The molecular formula is C31H61N7O6. The Morgan fingerprint density at radius 3 is 1.80 bits per heavy atom. The Hall–Kier alpha value is -2.58. The normalized spacial score (nSPS) is 17.1. The van der Waals surface area contributed by atoms with E-state index in [4.69, 9.17) is 16.5 Å². The molecule has 0 saturated carbocycles. The fourth-order valence-electron chi connectivity index (χ4n) is 4.48. The molecule has 44 heavy (non-hydrogen) atoms. The van der Waals surface area contributed by atoms with Crippen molar-refractivity contribution in [3.05, 3.63) is 12.2 Å². The second-order valence-electron chi connectivity index (χ2n) is 13.2. The molecule has 0 aromatic rings. The maximum absolute atomic E-state index is 12.7. The quantitative estimate of drug-likeness (QED) is 0.0373. The number of nitrogens with two attached hydrogens (primary N) is 2. The number of hydrogen-bond donors (Lipinski definition) is 9. The van der Waals surface area contributed by atoms with Crippen molar-refractivity contribution in [1.82, 2.24) is 16.0 Å². The maximum atomic E-state index is 12.7. The van der Waals surface area contributed by atoms with Crippen molar-refractivity contribution in [3.63, 3.8) is 0 Å². The van der Waals surface area contributed by atoms with Crippen molar-refractivity contribution in [2.45, 2.75) is 135 Å². The molecule has 13 heteroatoms. The van der Waals surface area contributed by atoms with Gasteiger partial charge in [-0.1, -0.05) is 38.8 Å². The molecule has 2 amide bonds. The third-order valence-corrected chi connectivity index (χ3v) is 7.23. The van der Waals surface area contributed by atoms with Crippen molar-refractivity contribution >= 4 is 23.5 Å². The number of amidine groups is 2. The van der Waals surface area contributed by atoms with Gasteiger partial charge in [-0.05, 0) is 60.3 Å². The van der Waals surface area contributed by atoms with Crippen LogP contribution in [-0.2, 0) is 9.59 Å². The summed E-state index contributed by atoms with van der Waals surface area (Å²) < 4.78 is 0. The van der Waals surface area contributed by atoms with Crippen LogP contribution in [0.3, 0.4) is 0 Å². The zero-order valence-corrected chi connectivity index (χ0v) is 28.2. The number of aliphatic hydroxyl groups is 4. The summed E-state index contributed by atoms with van der Waals surface area (Å²) in [6, 6.07) is -0.329. The molecule has 0 aromatic heterocycles. The second kappa shape index (κ2) is 19.7. The molecule has 5 atom stereocenters. The summed E-state index contributed by atoms with van der Waals surface area (Å²) in [4.78, 5) is 33.9. The number of carbonyl (C=O) groups excluding carboxylic acids is 2. The van der Waals surface area contributed by atoms with Crippen LogP contribution in [0.15, 0.2) is 22.1 Å². The van der Waals surface area contributed by atoms with E-state index >= 15 is 0 Å². The zero-order valence-electron chi connectivity index (χ0n) is 28.2. The summed E-state index contributed by atoms with van der Waals surface area (Å²) in [5.41, 5.74) is 12.0. The first-order valence-electron chi connectivity index (χ1n) is 15.6. The number of nitrogens with one attached hydrogen (secondary N) is 3. The van der Waals surface area contributed by atoms with Crippen LogP contribution in [0.2, 0.25) is 0 Å². The van der Waals surface area contributed by atoms with Crippen molar-refractivity contribution in [3.8, 4) is 0 Å². The van der Waals surface area contributed by atoms with Crippen LogP contribution in [-0.4, -0.2) is 105 Å². The van der Waals surface area contributed by atoms with Gasteiger partial charge in [-0.15, -0.1) is 0 Å². The molecule has 0 heterocycles. The van der Waals surface area contributed by atoms with E-state index in [1.807, 2.05) is 13.8 Å². The molecule has 256 valence electrons. The molecule has 11 N–H and O–H groups in total. The highest BCUT2D eigenvalue weighted by molar-refractivity contribution is 5.84. The Balaban J connectivity index is 5.05. The van der Waals surface area contributed by atoms with Gasteiger partial charge in [-0.2, -0.15) is 0 Å². The molecule has 0 rings (SSSR count). The highest BCUT2D eigenvalue weighted by Crippen LogP contribution is 2.29. The molecule has 0 aliphatic rings. The fourth-order valence-corrected chi connectivity index (χ4v) is 4.48. The van der Waals surface area contributed by atoms with Gasteiger partial charge >= 0.3 is 0 Å². The van der Waals surface area contributed by atoms with Gasteiger partial charge in [-0.25, -0.2) is 0 Å².